The number of H-pyrrole nitrogens is 1. The fraction of sp³-hybridized carbons (Fsp3) is 0. The maximum atomic E-state index is 12.2. The van der Waals surface area contributed by atoms with E-state index in [4.69, 9.17) is 0 Å². The molecule has 3 rings (SSSR count). The molecule has 0 atom stereocenters. The van der Waals surface area contributed by atoms with Crippen LogP contribution in [0.5, 0.6) is 0 Å². The minimum atomic E-state index is -0.411. The molecular formula is C17H14N5O2+. The molecule has 3 aromatic rings. The molecule has 24 heavy (non-hydrogen) atoms. The summed E-state index contributed by atoms with van der Waals surface area (Å²) in [7, 11) is 0. The monoisotopic (exact) mass is 320 g/mol. The highest BCUT2D eigenvalue weighted by molar-refractivity contribution is 6.06. The van der Waals surface area contributed by atoms with Gasteiger partial charge in [0, 0.05) is 12.3 Å². The van der Waals surface area contributed by atoms with Crippen molar-refractivity contribution < 1.29 is 14.6 Å². The first-order valence-corrected chi connectivity index (χ1v) is 7.18. The number of aromatic amines is 1. The summed E-state index contributed by atoms with van der Waals surface area (Å²) in [4.78, 5) is 35.3. The van der Waals surface area contributed by atoms with Gasteiger partial charge in [-0.2, -0.15) is 0 Å². The van der Waals surface area contributed by atoms with E-state index in [0.29, 0.717) is 11.4 Å². The van der Waals surface area contributed by atoms with E-state index in [9.17, 15) is 9.59 Å². The van der Waals surface area contributed by atoms with Gasteiger partial charge in [0.15, 0.2) is 12.4 Å². The van der Waals surface area contributed by atoms with Crippen LogP contribution in [0.2, 0.25) is 0 Å². The van der Waals surface area contributed by atoms with Gasteiger partial charge in [-0.1, -0.05) is 6.07 Å². The number of amides is 2. The molecule has 0 bridgehead atoms. The summed E-state index contributed by atoms with van der Waals surface area (Å²) in [6.07, 6.45) is 6.52. The SMILES string of the molecule is O=C(Nc1cccnc1)c1cccc(C(=O)Nc2ccc[nH+]c2)n1. The van der Waals surface area contributed by atoms with E-state index in [0.717, 1.165) is 0 Å². The Kier molecular flexibility index (Phi) is 4.52. The fourth-order valence-electron chi connectivity index (χ4n) is 1.99. The van der Waals surface area contributed by atoms with Gasteiger partial charge < -0.3 is 10.6 Å². The fourth-order valence-corrected chi connectivity index (χ4v) is 1.99. The van der Waals surface area contributed by atoms with Crippen LogP contribution in [0, 0.1) is 0 Å². The highest BCUT2D eigenvalue weighted by atomic mass is 16.2. The number of carbonyl (C=O) groups excluding carboxylic acids is 2. The third-order valence-electron chi connectivity index (χ3n) is 3.10. The Morgan fingerprint density at radius 1 is 0.875 bits per heavy atom. The van der Waals surface area contributed by atoms with Crippen molar-refractivity contribution >= 4 is 23.2 Å². The third-order valence-corrected chi connectivity index (χ3v) is 3.10. The van der Waals surface area contributed by atoms with Gasteiger partial charge in [0.05, 0.1) is 11.9 Å². The first-order chi connectivity index (χ1) is 11.7. The first kappa shape index (κ1) is 15.3. The van der Waals surface area contributed by atoms with Crippen LogP contribution in [0.1, 0.15) is 21.0 Å². The van der Waals surface area contributed by atoms with Crippen LogP contribution in [0.4, 0.5) is 11.4 Å². The summed E-state index contributed by atoms with van der Waals surface area (Å²) in [5.74, 6) is -0.809. The van der Waals surface area contributed by atoms with Gasteiger partial charge in [0.25, 0.3) is 11.8 Å². The molecular weight excluding hydrogens is 306 g/mol. The summed E-state index contributed by atoms with van der Waals surface area (Å²) >= 11 is 0. The smallest absolute Gasteiger partial charge is 0.274 e. The standard InChI is InChI=1S/C17H13N5O2/c23-16(20-12-4-2-8-18-10-12)14-6-1-7-15(22-14)17(24)21-13-5-3-9-19-11-13/h1-11H,(H,20,23)(H,21,24)/p+1. The molecule has 0 spiro atoms. The summed E-state index contributed by atoms with van der Waals surface area (Å²) in [6, 6.07) is 11.6. The van der Waals surface area contributed by atoms with E-state index in [-0.39, 0.29) is 11.4 Å². The van der Waals surface area contributed by atoms with Crippen molar-refractivity contribution in [3.63, 3.8) is 0 Å². The van der Waals surface area contributed by atoms with Crippen LogP contribution in [0.15, 0.2) is 67.3 Å². The lowest BCUT2D eigenvalue weighted by atomic mass is 10.2. The Balaban J connectivity index is 1.74. The average Bonchev–Trinajstić information content (AvgIpc) is 2.63. The van der Waals surface area contributed by atoms with E-state index in [1.807, 2.05) is 0 Å². The van der Waals surface area contributed by atoms with Crippen molar-refractivity contribution in [3.05, 3.63) is 78.6 Å². The predicted octanol–water partition coefficient (Wildman–Crippen LogP) is 1.80. The maximum Gasteiger partial charge on any atom is 0.274 e. The van der Waals surface area contributed by atoms with Crippen molar-refractivity contribution in [1.29, 1.82) is 0 Å². The number of aromatic nitrogens is 3. The average molecular weight is 320 g/mol. The number of carbonyl (C=O) groups is 2. The molecule has 0 fully saturated rings. The van der Waals surface area contributed by atoms with Crippen molar-refractivity contribution in [3.8, 4) is 0 Å². The molecule has 0 aliphatic heterocycles. The maximum absolute atomic E-state index is 12.2. The molecule has 3 heterocycles. The number of anilines is 2. The second kappa shape index (κ2) is 7.10. The van der Waals surface area contributed by atoms with Gasteiger partial charge in [-0.15, -0.1) is 0 Å². The third kappa shape index (κ3) is 3.77. The van der Waals surface area contributed by atoms with Gasteiger partial charge in [-0.05, 0) is 30.3 Å². The minimum Gasteiger partial charge on any atom is -0.319 e. The number of nitrogens with one attached hydrogen (secondary N) is 3. The second-order valence-electron chi connectivity index (χ2n) is 4.85. The Hall–Kier alpha value is -3.61. The van der Waals surface area contributed by atoms with Gasteiger partial charge in [-0.25, -0.2) is 9.97 Å². The number of hydrogen-bond donors (Lipinski definition) is 2. The van der Waals surface area contributed by atoms with Gasteiger partial charge in [0.1, 0.15) is 17.1 Å². The van der Waals surface area contributed by atoms with Gasteiger partial charge in [-0.3, -0.25) is 14.6 Å². The van der Waals surface area contributed by atoms with Crippen LogP contribution in [0.25, 0.3) is 0 Å². The molecule has 0 radical (unpaired) electrons. The molecule has 0 aliphatic rings. The second-order valence-corrected chi connectivity index (χ2v) is 4.85. The van der Waals surface area contributed by atoms with Crippen molar-refractivity contribution in [2.75, 3.05) is 10.6 Å². The van der Waals surface area contributed by atoms with E-state index < -0.39 is 11.8 Å². The molecule has 0 aliphatic carbocycles. The zero-order valence-corrected chi connectivity index (χ0v) is 12.6. The lowest BCUT2D eigenvalue weighted by Gasteiger charge is -2.06. The lowest BCUT2D eigenvalue weighted by molar-refractivity contribution is -0.377. The molecule has 7 heteroatoms. The van der Waals surface area contributed by atoms with Crippen molar-refractivity contribution in [2.24, 2.45) is 0 Å². The van der Waals surface area contributed by atoms with Crippen LogP contribution in [0.3, 0.4) is 0 Å². The van der Waals surface area contributed by atoms with E-state index in [1.165, 1.54) is 6.20 Å². The van der Waals surface area contributed by atoms with E-state index in [2.05, 4.69) is 25.6 Å². The van der Waals surface area contributed by atoms with Crippen LogP contribution < -0.4 is 15.6 Å². The quantitative estimate of drug-likeness (QED) is 0.765. The number of pyridine rings is 3. The molecule has 0 unspecified atom stereocenters. The molecule has 0 saturated carbocycles. The molecule has 0 aromatic carbocycles. The van der Waals surface area contributed by atoms with Gasteiger partial charge >= 0.3 is 0 Å². The summed E-state index contributed by atoms with van der Waals surface area (Å²) in [5, 5.41) is 5.37. The molecule has 7 nitrogen and oxygen atoms in total. The van der Waals surface area contributed by atoms with E-state index >= 15 is 0 Å². The normalized spacial score (nSPS) is 10.0. The van der Waals surface area contributed by atoms with Crippen LogP contribution >= 0.6 is 0 Å². The molecule has 118 valence electrons. The van der Waals surface area contributed by atoms with Crippen molar-refractivity contribution in [2.45, 2.75) is 0 Å². The summed E-state index contributed by atoms with van der Waals surface area (Å²) < 4.78 is 0. The van der Waals surface area contributed by atoms with Crippen molar-refractivity contribution in [1.82, 2.24) is 9.97 Å². The Bertz CT molecular complexity index is 784. The summed E-state index contributed by atoms with van der Waals surface area (Å²) in [6.45, 7) is 0. The zero-order valence-electron chi connectivity index (χ0n) is 12.6. The number of hydrogen-bond acceptors (Lipinski definition) is 4. The number of rotatable bonds is 4. The predicted molar refractivity (Wildman–Crippen MR) is 87.4 cm³/mol. The minimum absolute atomic E-state index is 0.145. The topological polar surface area (TPSA) is 98.1 Å². The molecule has 0 saturated heterocycles. The Labute approximate surface area is 137 Å². The molecule has 2 amide bonds. The molecule has 3 aromatic heterocycles. The highest BCUT2D eigenvalue weighted by Gasteiger charge is 2.13. The lowest BCUT2D eigenvalue weighted by Crippen LogP contribution is -2.19. The molecule has 3 N–H and O–H groups in total. The first-order valence-electron chi connectivity index (χ1n) is 7.18. The Morgan fingerprint density at radius 3 is 2.21 bits per heavy atom. The largest absolute Gasteiger partial charge is 0.319 e. The zero-order chi connectivity index (χ0) is 16.8. The summed E-state index contributed by atoms with van der Waals surface area (Å²) in [5.41, 5.74) is 1.46. The van der Waals surface area contributed by atoms with Crippen LogP contribution in [-0.2, 0) is 0 Å². The van der Waals surface area contributed by atoms with E-state index in [1.54, 1.807) is 61.1 Å². The van der Waals surface area contributed by atoms with Crippen LogP contribution in [-0.4, -0.2) is 21.8 Å². The Morgan fingerprint density at radius 2 is 1.58 bits per heavy atom. The highest BCUT2D eigenvalue weighted by Crippen LogP contribution is 2.08. The van der Waals surface area contributed by atoms with Gasteiger partial charge in [0.2, 0.25) is 0 Å². The number of nitrogens with zero attached hydrogens (tertiary/aromatic N) is 2.